The second-order valence-electron chi connectivity index (χ2n) is 7.60. The number of rotatable bonds is 2. The second kappa shape index (κ2) is 3.83. The molecule has 0 amide bonds. The second-order valence-corrected chi connectivity index (χ2v) is 7.60. The molecular weight excluding hydrogens is 268 g/mol. The molecule has 1 nitrogen and oxygen atoms in total. The van der Waals surface area contributed by atoms with E-state index in [4.69, 9.17) is 4.74 Å². The molecule has 1 aliphatic heterocycles. The lowest BCUT2D eigenvalue weighted by molar-refractivity contribution is -0.00318. The molecule has 0 spiro atoms. The average Bonchev–Trinajstić information content (AvgIpc) is 3.13. The van der Waals surface area contributed by atoms with Crippen LogP contribution in [-0.4, -0.2) is 5.60 Å². The highest BCUT2D eigenvalue weighted by atomic mass is 16.6. The molecule has 0 bridgehead atoms. The van der Waals surface area contributed by atoms with E-state index in [1.54, 1.807) is 0 Å². The van der Waals surface area contributed by atoms with Gasteiger partial charge in [0.1, 0.15) is 11.2 Å². The summed E-state index contributed by atoms with van der Waals surface area (Å²) in [6.07, 6.45) is 2.64. The van der Waals surface area contributed by atoms with Gasteiger partial charge >= 0.3 is 0 Å². The van der Waals surface area contributed by atoms with E-state index < -0.39 is 0 Å². The van der Waals surface area contributed by atoms with E-state index in [9.17, 15) is 0 Å². The normalized spacial score (nSPS) is 44.8. The molecule has 112 valence electrons. The molecule has 3 fully saturated rings. The molecule has 0 radical (unpaired) electrons. The van der Waals surface area contributed by atoms with Gasteiger partial charge in [0, 0.05) is 5.41 Å². The maximum absolute atomic E-state index is 6.62. The maximum Gasteiger partial charge on any atom is 0.127 e. The molecule has 5 atom stereocenters. The van der Waals surface area contributed by atoms with Gasteiger partial charge in [-0.15, -0.1) is 0 Å². The fourth-order valence-electron chi connectivity index (χ4n) is 5.76. The highest BCUT2D eigenvalue weighted by molar-refractivity contribution is 5.50. The van der Waals surface area contributed by atoms with Crippen LogP contribution in [0.2, 0.25) is 0 Å². The minimum atomic E-state index is -0.0749. The number of ether oxygens (including phenoxy) is 1. The zero-order valence-electron chi connectivity index (χ0n) is 13.3. The van der Waals surface area contributed by atoms with E-state index in [2.05, 4.69) is 74.5 Å². The van der Waals surface area contributed by atoms with Crippen LogP contribution in [0.3, 0.4) is 0 Å². The van der Waals surface area contributed by atoms with E-state index in [-0.39, 0.29) is 16.6 Å². The van der Waals surface area contributed by atoms with Gasteiger partial charge in [-0.25, -0.2) is 0 Å². The van der Waals surface area contributed by atoms with Crippen LogP contribution in [0.15, 0.2) is 60.7 Å². The lowest BCUT2D eigenvalue weighted by Gasteiger charge is -2.46. The molecule has 22 heavy (non-hydrogen) atoms. The van der Waals surface area contributed by atoms with Crippen molar-refractivity contribution in [3.63, 3.8) is 0 Å². The van der Waals surface area contributed by atoms with Crippen LogP contribution in [0.25, 0.3) is 0 Å². The molecular formula is C21H22O. The standard InChI is InChI=1S/C21H22O/c1-19(15-9-5-3-6-10-15)17-13-14-18(17)21(20(19,2)22-21)16-11-7-4-8-12-16/h3-12,17-18H,13-14H2,1-2H3/t17-,18+,19-,20-,21-/m1/s1. The van der Waals surface area contributed by atoms with Crippen molar-refractivity contribution in [1.29, 1.82) is 0 Å². The van der Waals surface area contributed by atoms with Crippen molar-refractivity contribution in [2.75, 3.05) is 0 Å². The number of hydrogen-bond donors (Lipinski definition) is 0. The molecule has 2 aromatic carbocycles. The van der Waals surface area contributed by atoms with Crippen LogP contribution in [-0.2, 0) is 15.8 Å². The summed E-state index contributed by atoms with van der Waals surface area (Å²) in [4.78, 5) is 0. The zero-order valence-corrected chi connectivity index (χ0v) is 13.3. The number of hydrogen-bond acceptors (Lipinski definition) is 1. The van der Waals surface area contributed by atoms with Gasteiger partial charge in [-0.3, -0.25) is 0 Å². The Hall–Kier alpha value is -1.60. The Kier molecular flexibility index (Phi) is 2.25. The van der Waals surface area contributed by atoms with Crippen molar-refractivity contribution in [1.82, 2.24) is 0 Å². The van der Waals surface area contributed by atoms with Gasteiger partial charge in [0.05, 0.1) is 0 Å². The van der Waals surface area contributed by atoms with Crippen LogP contribution in [0.1, 0.15) is 37.8 Å². The first-order valence-corrected chi connectivity index (χ1v) is 8.46. The summed E-state index contributed by atoms with van der Waals surface area (Å²) in [7, 11) is 0. The number of fused-ring (bicyclic) bond motifs is 3. The third-order valence-electron chi connectivity index (χ3n) is 7.14. The van der Waals surface area contributed by atoms with Gasteiger partial charge < -0.3 is 4.74 Å². The summed E-state index contributed by atoms with van der Waals surface area (Å²) in [5, 5.41) is 0. The minimum Gasteiger partial charge on any atom is -0.356 e. The first-order chi connectivity index (χ1) is 10.6. The molecule has 5 rings (SSSR count). The highest BCUT2D eigenvalue weighted by Crippen LogP contribution is 2.81. The predicted molar refractivity (Wildman–Crippen MR) is 87.6 cm³/mol. The Morgan fingerprint density at radius 1 is 0.773 bits per heavy atom. The smallest absolute Gasteiger partial charge is 0.127 e. The molecule has 0 N–H and O–H groups in total. The van der Waals surface area contributed by atoms with Crippen LogP contribution in [0.5, 0.6) is 0 Å². The maximum atomic E-state index is 6.62. The first kappa shape index (κ1) is 12.9. The van der Waals surface area contributed by atoms with Crippen molar-refractivity contribution < 1.29 is 4.74 Å². The summed E-state index contributed by atoms with van der Waals surface area (Å²) in [6.45, 7) is 4.79. The predicted octanol–water partition coefficient (Wildman–Crippen LogP) is 4.67. The zero-order chi connectivity index (χ0) is 15.0. The summed E-state index contributed by atoms with van der Waals surface area (Å²) in [5.74, 6) is 1.42. The molecule has 2 aliphatic carbocycles. The SMILES string of the molecule is C[C@]12O[C@]1(c1ccccc1)[C@H]1CC[C@H]1[C@@]2(C)c1ccccc1. The summed E-state index contributed by atoms with van der Waals surface area (Å²) in [6, 6.07) is 22.0. The van der Waals surface area contributed by atoms with Crippen LogP contribution in [0, 0.1) is 11.8 Å². The van der Waals surface area contributed by atoms with Gasteiger partial charge in [0.2, 0.25) is 0 Å². The largest absolute Gasteiger partial charge is 0.356 e. The highest BCUT2D eigenvalue weighted by Gasteiger charge is 2.87. The van der Waals surface area contributed by atoms with Crippen LogP contribution in [0.4, 0.5) is 0 Å². The fourth-order valence-corrected chi connectivity index (χ4v) is 5.76. The lowest BCUT2D eigenvalue weighted by atomic mass is 9.60. The van der Waals surface area contributed by atoms with Gasteiger partial charge in [0.15, 0.2) is 0 Å². The molecule has 1 heterocycles. The Morgan fingerprint density at radius 3 is 1.86 bits per heavy atom. The quantitative estimate of drug-likeness (QED) is 0.732. The van der Waals surface area contributed by atoms with Gasteiger partial charge in [-0.1, -0.05) is 67.6 Å². The topological polar surface area (TPSA) is 12.5 Å². The van der Waals surface area contributed by atoms with Crippen molar-refractivity contribution in [3.05, 3.63) is 71.8 Å². The Balaban J connectivity index is 1.70. The lowest BCUT2D eigenvalue weighted by Crippen LogP contribution is -2.45. The summed E-state index contributed by atoms with van der Waals surface area (Å²) >= 11 is 0. The van der Waals surface area contributed by atoms with Gasteiger partial charge in [-0.05, 0) is 42.7 Å². The van der Waals surface area contributed by atoms with E-state index in [0.29, 0.717) is 5.92 Å². The Labute approximate surface area is 132 Å². The molecule has 2 aromatic rings. The van der Waals surface area contributed by atoms with Crippen molar-refractivity contribution in [2.45, 2.75) is 43.3 Å². The van der Waals surface area contributed by atoms with Crippen LogP contribution < -0.4 is 0 Å². The first-order valence-electron chi connectivity index (χ1n) is 8.46. The molecule has 1 saturated heterocycles. The van der Waals surface area contributed by atoms with Crippen molar-refractivity contribution >= 4 is 0 Å². The Morgan fingerprint density at radius 2 is 1.32 bits per heavy atom. The molecule has 0 unspecified atom stereocenters. The van der Waals surface area contributed by atoms with E-state index in [0.717, 1.165) is 5.92 Å². The molecule has 1 heteroatoms. The summed E-state index contributed by atoms with van der Waals surface area (Å²) < 4.78 is 6.62. The van der Waals surface area contributed by atoms with Crippen molar-refractivity contribution in [2.24, 2.45) is 11.8 Å². The third-order valence-corrected chi connectivity index (χ3v) is 7.14. The molecule has 2 saturated carbocycles. The average molecular weight is 290 g/mol. The minimum absolute atomic E-state index is 0.0538. The summed E-state index contributed by atoms with van der Waals surface area (Å²) in [5.41, 5.74) is 2.82. The van der Waals surface area contributed by atoms with Gasteiger partial charge in [-0.2, -0.15) is 0 Å². The van der Waals surface area contributed by atoms with E-state index >= 15 is 0 Å². The Bertz CT molecular complexity index is 720. The fraction of sp³-hybridized carbons (Fsp3) is 0.429. The van der Waals surface area contributed by atoms with E-state index in [1.807, 2.05) is 0 Å². The van der Waals surface area contributed by atoms with Gasteiger partial charge in [0.25, 0.3) is 0 Å². The third kappa shape index (κ3) is 1.16. The molecule has 0 aromatic heterocycles. The van der Waals surface area contributed by atoms with Crippen LogP contribution >= 0.6 is 0 Å². The van der Waals surface area contributed by atoms with Crippen molar-refractivity contribution in [3.8, 4) is 0 Å². The van der Waals surface area contributed by atoms with E-state index in [1.165, 1.54) is 24.0 Å². The number of benzene rings is 2. The monoisotopic (exact) mass is 290 g/mol. The molecule has 3 aliphatic rings. The number of epoxide rings is 1.